The van der Waals surface area contributed by atoms with E-state index in [1.165, 1.54) is 22.3 Å². The Bertz CT molecular complexity index is 641. The van der Waals surface area contributed by atoms with E-state index in [0.29, 0.717) is 5.92 Å². The average molecular weight is 253 g/mol. The fourth-order valence-corrected chi connectivity index (χ4v) is 3.71. The van der Waals surface area contributed by atoms with Crippen LogP contribution in [0.3, 0.4) is 0 Å². The molecule has 0 bridgehead atoms. The zero-order valence-electron chi connectivity index (χ0n) is 11.9. The number of hydrogen-bond donors (Lipinski definition) is 1. The molecule has 1 unspecified atom stereocenters. The van der Waals surface area contributed by atoms with Crippen LogP contribution in [0.2, 0.25) is 0 Å². The minimum absolute atomic E-state index is 0.239. The molecule has 2 N–H and O–H groups in total. The molecule has 98 valence electrons. The largest absolute Gasteiger partial charge is 0.368 e. The van der Waals surface area contributed by atoms with Gasteiger partial charge in [0.15, 0.2) is 0 Å². The lowest BCUT2D eigenvalue weighted by atomic mass is 9.81. The van der Waals surface area contributed by atoms with Crippen molar-refractivity contribution in [1.29, 1.82) is 0 Å². The summed E-state index contributed by atoms with van der Waals surface area (Å²) in [7, 11) is 0. The summed E-state index contributed by atoms with van der Waals surface area (Å²) in [6.07, 6.45) is 0. The Morgan fingerprint density at radius 2 is 1.63 bits per heavy atom. The number of carbonyl (C=O) groups is 1. The number of primary amides is 1. The molecular weight excluding hydrogens is 234 g/mol. The zero-order valence-corrected chi connectivity index (χ0v) is 11.9. The van der Waals surface area contributed by atoms with Gasteiger partial charge < -0.3 is 5.73 Å². The zero-order chi connectivity index (χ0) is 13.9. The smallest absolute Gasteiger partial charge is 0.236 e. The van der Waals surface area contributed by atoms with Gasteiger partial charge in [-0.2, -0.15) is 0 Å². The van der Waals surface area contributed by atoms with E-state index in [1.807, 2.05) is 24.3 Å². The van der Waals surface area contributed by atoms with Crippen LogP contribution in [0.4, 0.5) is 0 Å². The molecule has 0 radical (unpaired) electrons. The van der Waals surface area contributed by atoms with Gasteiger partial charge in [0, 0.05) is 5.92 Å². The van der Waals surface area contributed by atoms with Gasteiger partial charge in [0.1, 0.15) is 5.41 Å². The van der Waals surface area contributed by atoms with E-state index < -0.39 is 5.41 Å². The van der Waals surface area contributed by atoms with Gasteiger partial charge in [0.25, 0.3) is 0 Å². The first-order valence-corrected chi connectivity index (χ1v) is 6.72. The third kappa shape index (κ3) is 1.24. The van der Waals surface area contributed by atoms with E-state index >= 15 is 0 Å². The third-order valence-electron chi connectivity index (χ3n) is 5.09. The minimum Gasteiger partial charge on any atom is -0.368 e. The topological polar surface area (TPSA) is 43.1 Å². The first-order valence-electron chi connectivity index (χ1n) is 6.72. The highest BCUT2D eigenvalue weighted by Crippen LogP contribution is 2.60. The van der Waals surface area contributed by atoms with Crippen LogP contribution in [0.5, 0.6) is 0 Å². The Hall–Kier alpha value is -1.83. The normalized spacial score (nSPS) is 23.7. The van der Waals surface area contributed by atoms with Crippen LogP contribution in [0.15, 0.2) is 46.6 Å². The number of amides is 1. The highest BCUT2D eigenvalue weighted by Gasteiger charge is 2.60. The van der Waals surface area contributed by atoms with Crippen molar-refractivity contribution in [3.63, 3.8) is 0 Å². The minimum atomic E-state index is -0.633. The van der Waals surface area contributed by atoms with Crippen molar-refractivity contribution in [2.75, 3.05) is 0 Å². The summed E-state index contributed by atoms with van der Waals surface area (Å²) in [4.78, 5) is 12.2. The Labute approximate surface area is 114 Å². The lowest BCUT2D eigenvalue weighted by molar-refractivity contribution is -0.119. The monoisotopic (exact) mass is 253 g/mol. The molecule has 0 aromatic heterocycles. The molecule has 2 heteroatoms. The first kappa shape index (κ1) is 12.2. The van der Waals surface area contributed by atoms with E-state index in [0.717, 1.165) is 11.1 Å². The number of allylic oxidation sites excluding steroid dienone is 3. The van der Waals surface area contributed by atoms with Crippen LogP contribution < -0.4 is 5.73 Å². The summed E-state index contributed by atoms with van der Waals surface area (Å²) < 4.78 is 0. The van der Waals surface area contributed by atoms with Crippen molar-refractivity contribution in [1.82, 2.24) is 0 Å². The van der Waals surface area contributed by atoms with Gasteiger partial charge in [-0.05, 0) is 48.6 Å². The van der Waals surface area contributed by atoms with Gasteiger partial charge in [-0.3, -0.25) is 4.79 Å². The van der Waals surface area contributed by atoms with E-state index in [-0.39, 0.29) is 5.91 Å². The summed E-state index contributed by atoms with van der Waals surface area (Å²) >= 11 is 0. The third-order valence-corrected chi connectivity index (χ3v) is 5.09. The molecule has 0 aliphatic heterocycles. The second-order valence-corrected chi connectivity index (χ2v) is 5.73. The second kappa shape index (κ2) is 3.60. The Balaban J connectivity index is 2.21. The molecule has 19 heavy (non-hydrogen) atoms. The fraction of sp³-hybridized carbons (Fsp3) is 0.353. The first-order chi connectivity index (χ1) is 8.94. The lowest BCUT2D eigenvalue weighted by Gasteiger charge is -2.21. The number of nitrogens with two attached hydrogens (primary N) is 1. The van der Waals surface area contributed by atoms with Gasteiger partial charge in [-0.1, -0.05) is 36.8 Å². The van der Waals surface area contributed by atoms with Gasteiger partial charge in [-0.25, -0.2) is 0 Å². The molecular formula is C17H19NO. The molecule has 2 nitrogen and oxygen atoms in total. The molecule has 2 aliphatic rings. The SMILES string of the molecule is CC1=C(C)C(C)C(C2(C(N)=O)c3ccccc32)=C1C. The summed E-state index contributed by atoms with van der Waals surface area (Å²) in [5, 5.41) is 0. The molecule has 3 rings (SSSR count). The molecule has 1 aromatic carbocycles. The molecule has 0 heterocycles. The van der Waals surface area contributed by atoms with Crippen LogP contribution in [-0.2, 0) is 10.2 Å². The highest BCUT2D eigenvalue weighted by molar-refractivity contribution is 6.03. The van der Waals surface area contributed by atoms with E-state index in [1.54, 1.807) is 0 Å². The average Bonchev–Trinajstić information content (AvgIpc) is 3.02. The quantitative estimate of drug-likeness (QED) is 0.864. The van der Waals surface area contributed by atoms with Crippen molar-refractivity contribution >= 4 is 5.91 Å². The highest BCUT2D eigenvalue weighted by atomic mass is 16.1. The summed E-state index contributed by atoms with van der Waals surface area (Å²) in [6.45, 7) is 8.57. The fourth-order valence-electron chi connectivity index (χ4n) is 3.71. The molecule has 1 atom stereocenters. The van der Waals surface area contributed by atoms with Crippen LogP contribution in [-0.4, -0.2) is 5.91 Å². The summed E-state index contributed by atoms with van der Waals surface area (Å²) in [6, 6.07) is 8.00. The Kier molecular flexibility index (Phi) is 2.31. The molecule has 1 amide bonds. The molecule has 2 aliphatic carbocycles. The Morgan fingerprint density at radius 3 is 2.00 bits per heavy atom. The molecule has 0 saturated carbocycles. The van der Waals surface area contributed by atoms with E-state index in [2.05, 4.69) is 27.7 Å². The maximum atomic E-state index is 12.2. The second-order valence-electron chi connectivity index (χ2n) is 5.73. The number of benzene rings is 1. The van der Waals surface area contributed by atoms with E-state index in [9.17, 15) is 4.79 Å². The molecule has 0 saturated heterocycles. The van der Waals surface area contributed by atoms with Crippen molar-refractivity contribution in [2.24, 2.45) is 11.7 Å². The van der Waals surface area contributed by atoms with Crippen molar-refractivity contribution in [3.05, 3.63) is 57.7 Å². The maximum absolute atomic E-state index is 12.2. The number of rotatable bonds is 2. The standard InChI is InChI=1S/C17H19NO/c1-9-10(2)12(4)15(11(9)3)17(16(18)19)13-7-5-6-8-14(13)17/h5-8,11H,1-4H3,(H2,18,19). The Morgan fingerprint density at radius 1 is 1.11 bits per heavy atom. The van der Waals surface area contributed by atoms with Crippen molar-refractivity contribution in [2.45, 2.75) is 33.1 Å². The van der Waals surface area contributed by atoms with Crippen LogP contribution in [0.1, 0.15) is 38.8 Å². The predicted octanol–water partition coefficient (Wildman–Crippen LogP) is 3.07. The lowest BCUT2D eigenvalue weighted by Crippen LogP contribution is -2.34. The summed E-state index contributed by atoms with van der Waals surface area (Å²) in [5.41, 5.74) is 12.4. The van der Waals surface area contributed by atoms with Crippen LogP contribution in [0, 0.1) is 5.92 Å². The predicted molar refractivity (Wildman–Crippen MR) is 76.7 cm³/mol. The van der Waals surface area contributed by atoms with E-state index in [4.69, 9.17) is 5.73 Å². The molecule has 0 spiro atoms. The van der Waals surface area contributed by atoms with Gasteiger partial charge in [0.2, 0.25) is 5.91 Å². The van der Waals surface area contributed by atoms with Gasteiger partial charge in [-0.15, -0.1) is 0 Å². The molecule has 1 aromatic rings. The number of carbonyl (C=O) groups excluding carboxylic acids is 1. The van der Waals surface area contributed by atoms with Crippen molar-refractivity contribution in [3.8, 4) is 0 Å². The van der Waals surface area contributed by atoms with Crippen LogP contribution in [0.25, 0.3) is 0 Å². The van der Waals surface area contributed by atoms with Crippen molar-refractivity contribution < 1.29 is 4.79 Å². The van der Waals surface area contributed by atoms with Gasteiger partial charge in [0.05, 0.1) is 0 Å². The summed E-state index contributed by atoms with van der Waals surface area (Å²) in [5.74, 6) is 0.0531. The van der Waals surface area contributed by atoms with Crippen LogP contribution >= 0.6 is 0 Å². The van der Waals surface area contributed by atoms with Gasteiger partial charge >= 0.3 is 0 Å². The number of fused-ring (bicyclic) bond motifs is 1. The maximum Gasteiger partial charge on any atom is 0.236 e. The number of hydrogen-bond acceptors (Lipinski definition) is 1. The molecule has 0 fully saturated rings.